The first-order valence-electron chi connectivity index (χ1n) is 12.0. The van der Waals surface area contributed by atoms with Gasteiger partial charge in [0, 0.05) is 6.54 Å². The van der Waals surface area contributed by atoms with Crippen molar-refractivity contribution < 1.29 is 26.3 Å². The Balaban J connectivity index is 1.88. The number of hydrogen-bond donors (Lipinski definition) is 0. The Morgan fingerprint density at radius 3 is 2.09 bits per heavy atom. The van der Waals surface area contributed by atoms with Crippen LogP contribution in [0.4, 0.5) is 26.3 Å². The molecule has 0 N–H and O–H groups in total. The molecule has 3 rings (SSSR count). The lowest BCUT2D eigenvalue weighted by Gasteiger charge is -2.42. The van der Waals surface area contributed by atoms with E-state index in [1.165, 1.54) is 0 Å². The third-order valence-corrected chi connectivity index (χ3v) is 6.98. The molecule has 190 valence electrons. The Kier molecular flexibility index (Phi) is 8.53. The van der Waals surface area contributed by atoms with E-state index in [0.717, 1.165) is 37.6 Å². The van der Waals surface area contributed by atoms with Gasteiger partial charge in [-0.3, -0.25) is 4.90 Å². The molecule has 0 saturated heterocycles. The van der Waals surface area contributed by atoms with E-state index in [4.69, 9.17) is 0 Å². The summed E-state index contributed by atoms with van der Waals surface area (Å²) in [5.41, 5.74) is -3.50. The van der Waals surface area contributed by atoms with Crippen LogP contribution < -0.4 is 0 Å². The van der Waals surface area contributed by atoms with Gasteiger partial charge in [-0.15, -0.1) is 0 Å². The molecule has 0 heterocycles. The van der Waals surface area contributed by atoms with Crippen molar-refractivity contribution in [1.29, 1.82) is 5.26 Å². The molecule has 2 aromatic rings. The molecule has 1 atom stereocenters. The number of nitriles is 1. The number of benzene rings is 2. The third-order valence-electron chi connectivity index (χ3n) is 6.98. The Labute approximate surface area is 202 Å². The molecular weight excluding hydrogens is 466 g/mol. The molecule has 0 bridgehead atoms. The maximum Gasteiger partial charge on any atom is 0.417 e. The summed E-state index contributed by atoms with van der Waals surface area (Å²) < 4.78 is 80.7. The van der Waals surface area contributed by atoms with Crippen LogP contribution in [-0.4, -0.2) is 18.0 Å². The molecule has 1 aliphatic carbocycles. The summed E-state index contributed by atoms with van der Waals surface area (Å²) in [7, 11) is 0. The summed E-state index contributed by atoms with van der Waals surface area (Å²) >= 11 is 0. The van der Waals surface area contributed by atoms with Gasteiger partial charge in [-0.1, -0.05) is 49.7 Å². The largest absolute Gasteiger partial charge is 0.417 e. The van der Waals surface area contributed by atoms with E-state index in [-0.39, 0.29) is 11.5 Å². The zero-order valence-corrected chi connectivity index (χ0v) is 19.7. The van der Waals surface area contributed by atoms with Gasteiger partial charge in [0.1, 0.15) is 0 Å². The highest BCUT2D eigenvalue weighted by Crippen LogP contribution is 2.49. The average Bonchev–Trinajstić information content (AvgIpc) is 2.76. The van der Waals surface area contributed by atoms with E-state index in [2.05, 4.69) is 17.9 Å². The fourth-order valence-corrected chi connectivity index (χ4v) is 5.01. The van der Waals surface area contributed by atoms with Crippen molar-refractivity contribution in [3.63, 3.8) is 0 Å². The highest BCUT2D eigenvalue weighted by Gasteiger charge is 2.47. The fraction of sp³-hybridized carbons (Fsp3) is 0.519. The minimum atomic E-state index is -5.17. The maximum absolute atomic E-state index is 13.6. The van der Waals surface area contributed by atoms with Crippen molar-refractivity contribution in [2.24, 2.45) is 5.92 Å². The number of alkyl halides is 6. The first kappa shape index (κ1) is 27.1. The molecule has 2 nitrogen and oxygen atoms in total. The minimum absolute atomic E-state index is 0.0372. The monoisotopic (exact) mass is 496 g/mol. The van der Waals surface area contributed by atoms with Crippen molar-refractivity contribution in [3.05, 3.63) is 70.8 Å². The molecule has 2 aromatic carbocycles. The Bertz CT molecular complexity index is 1010. The molecule has 0 amide bonds. The quantitative estimate of drug-likeness (QED) is 0.312. The third kappa shape index (κ3) is 6.38. The zero-order valence-electron chi connectivity index (χ0n) is 19.7. The summed E-state index contributed by atoms with van der Waals surface area (Å²) in [5, 5.41) is 10.2. The molecule has 0 spiro atoms. The van der Waals surface area contributed by atoms with Gasteiger partial charge in [0.25, 0.3) is 0 Å². The summed E-state index contributed by atoms with van der Waals surface area (Å²) in [6, 6.07) is 14.3. The van der Waals surface area contributed by atoms with Crippen molar-refractivity contribution in [2.45, 2.75) is 69.8 Å². The van der Waals surface area contributed by atoms with E-state index < -0.39 is 28.9 Å². The van der Waals surface area contributed by atoms with E-state index in [0.29, 0.717) is 44.4 Å². The second kappa shape index (κ2) is 11.0. The van der Waals surface area contributed by atoms with Crippen molar-refractivity contribution in [2.75, 3.05) is 13.1 Å². The molecule has 8 heteroatoms. The van der Waals surface area contributed by atoms with Gasteiger partial charge in [0.05, 0.1) is 22.6 Å². The maximum atomic E-state index is 13.6. The van der Waals surface area contributed by atoms with Crippen molar-refractivity contribution in [3.8, 4) is 6.07 Å². The standard InChI is InChI=1S/C27H30F6N2/c1-2-15-35(18-20-8-4-3-5-9-20)16-7-14-25(19-34,21-10-6-11-21)22-12-13-23(26(28,29)30)24(17-22)27(31,32)33/h3-5,8-9,12-13,17,21H,2,6-7,10-11,14-16,18H2,1H3. The van der Waals surface area contributed by atoms with Gasteiger partial charge in [-0.2, -0.15) is 31.6 Å². The topological polar surface area (TPSA) is 27.0 Å². The van der Waals surface area contributed by atoms with E-state index in [9.17, 15) is 31.6 Å². The molecular formula is C27H30F6N2. The lowest BCUT2D eigenvalue weighted by Crippen LogP contribution is -2.39. The van der Waals surface area contributed by atoms with E-state index in [1.807, 2.05) is 30.3 Å². The highest BCUT2D eigenvalue weighted by atomic mass is 19.4. The van der Waals surface area contributed by atoms with E-state index in [1.54, 1.807) is 0 Å². The summed E-state index contributed by atoms with van der Waals surface area (Å²) in [6.07, 6.45) is -6.31. The Morgan fingerprint density at radius 2 is 1.57 bits per heavy atom. The summed E-state index contributed by atoms with van der Waals surface area (Å²) in [5.74, 6) is -0.168. The average molecular weight is 497 g/mol. The van der Waals surface area contributed by atoms with Gasteiger partial charge in [-0.25, -0.2) is 0 Å². The molecule has 0 aromatic heterocycles. The van der Waals surface area contributed by atoms with Gasteiger partial charge in [0.2, 0.25) is 0 Å². The van der Waals surface area contributed by atoms with Crippen LogP contribution in [0.25, 0.3) is 0 Å². The summed E-state index contributed by atoms with van der Waals surface area (Å²) in [6.45, 7) is 4.25. The molecule has 1 saturated carbocycles. The molecule has 1 fully saturated rings. The van der Waals surface area contributed by atoms with Crippen molar-refractivity contribution >= 4 is 0 Å². The van der Waals surface area contributed by atoms with Gasteiger partial charge < -0.3 is 0 Å². The van der Waals surface area contributed by atoms with Crippen LogP contribution in [0.2, 0.25) is 0 Å². The zero-order chi connectivity index (χ0) is 25.7. The second-order valence-electron chi connectivity index (χ2n) is 9.33. The van der Waals surface area contributed by atoms with Crippen LogP contribution in [0.15, 0.2) is 48.5 Å². The van der Waals surface area contributed by atoms with Gasteiger partial charge in [-0.05, 0) is 74.4 Å². The van der Waals surface area contributed by atoms with Crippen LogP contribution >= 0.6 is 0 Å². The Morgan fingerprint density at radius 1 is 0.914 bits per heavy atom. The number of nitrogens with zero attached hydrogens (tertiary/aromatic N) is 2. The lowest BCUT2D eigenvalue weighted by molar-refractivity contribution is -0.162. The van der Waals surface area contributed by atoms with Gasteiger partial charge in [0.15, 0.2) is 0 Å². The van der Waals surface area contributed by atoms with Crippen LogP contribution in [0.5, 0.6) is 0 Å². The predicted octanol–water partition coefficient (Wildman–Crippen LogP) is 7.98. The predicted molar refractivity (Wildman–Crippen MR) is 122 cm³/mol. The Hall–Kier alpha value is -2.53. The normalized spacial score (nSPS) is 16.5. The molecule has 0 aliphatic heterocycles. The smallest absolute Gasteiger partial charge is 0.299 e. The highest BCUT2D eigenvalue weighted by molar-refractivity contribution is 5.43. The second-order valence-corrected chi connectivity index (χ2v) is 9.33. The van der Waals surface area contributed by atoms with Crippen LogP contribution in [0, 0.1) is 17.2 Å². The molecule has 1 unspecified atom stereocenters. The summed E-state index contributed by atoms with van der Waals surface area (Å²) in [4.78, 5) is 2.24. The SMILES string of the molecule is CCCN(CCCC(C#N)(c1ccc(C(F)(F)F)c(C(F)(F)F)c1)C1CCC1)Cc1ccccc1. The minimum Gasteiger partial charge on any atom is -0.299 e. The molecule has 0 radical (unpaired) electrons. The van der Waals surface area contributed by atoms with Crippen LogP contribution in [0.3, 0.4) is 0 Å². The fourth-order valence-electron chi connectivity index (χ4n) is 5.01. The first-order valence-corrected chi connectivity index (χ1v) is 12.0. The lowest BCUT2D eigenvalue weighted by atomic mass is 9.60. The number of hydrogen-bond acceptors (Lipinski definition) is 2. The molecule has 1 aliphatic rings. The van der Waals surface area contributed by atoms with Crippen LogP contribution in [0.1, 0.15) is 67.7 Å². The first-order chi connectivity index (χ1) is 16.5. The number of halogens is 6. The number of rotatable bonds is 10. The van der Waals surface area contributed by atoms with Crippen molar-refractivity contribution in [1.82, 2.24) is 4.90 Å². The van der Waals surface area contributed by atoms with E-state index >= 15 is 0 Å². The van der Waals surface area contributed by atoms with Gasteiger partial charge >= 0.3 is 12.4 Å². The molecule has 35 heavy (non-hydrogen) atoms. The van der Waals surface area contributed by atoms with Crippen LogP contribution in [-0.2, 0) is 24.3 Å².